The van der Waals surface area contributed by atoms with Gasteiger partial charge in [-0.1, -0.05) is 6.07 Å². The molecule has 0 aliphatic carbocycles. The minimum atomic E-state index is -0.272. The van der Waals surface area contributed by atoms with E-state index in [1.807, 2.05) is 43.3 Å². The van der Waals surface area contributed by atoms with Crippen LogP contribution in [0.2, 0.25) is 0 Å². The molecule has 1 aromatic heterocycles. The van der Waals surface area contributed by atoms with Gasteiger partial charge in [-0.2, -0.15) is 0 Å². The average molecular weight is 303 g/mol. The number of carbonyl (C=O) groups is 1. The molecule has 2 N–H and O–H groups in total. The second-order valence-electron chi connectivity index (χ2n) is 5.06. The van der Waals surface area contributed by atoms with Gasteiger partial charge in [0.1, 0.15) is 11.5 Å². The first-order valence-electron chi connectivity index (χ1n) is 6.99. The Labute approximate surface area is 130 Å². The van der Waals surface area contributed by atoms with Crippen LogP contribution in [-0.4, -0.2) is 38.7 Å². The fourth-order valence-corrected chi connectivity index (χ4v) is 2.08. The maximum atomic E-state index is 12.0. The third-order valence-corrected chi connectivity index (χ3v) is 3.28. The molecule has 6 nitrogen and oxygen atoms in total. The highest BCUT2D eigenvalue weighted by atomic mass is 16.5. The summed E-state index contributed by atoms with van der Waals surface area (Å²) in [5, 5.41) is 5.62. The van der Waals surface area contributed by atoms with Crippen LogP contribution >= 0.6 is 0 Å². The van der Waals surface area contributed by atoms with Crippen LogP contribution in [0.25, 0.3) is 0 Å². The number of urea groups is 1. The molecule has 6 heteroatoms. The van der Waals surface area contributed by atoms with E-state index in [-0.39, 0.29) is 12.1 Å². The number of carbonyl (C=O) groups excluding carboxylic acids is 1. The van der Waals surface area contributed by atoms with Crippen molar-refractivity contribution in [2.45, 2.75) is 6.04 Å². The summed E-state index contributed by atoms with van der Waals surface area (Å²) >= 11 is 0. The third kappa shape index (κ3) is 4.26. The zero-order valence-electron chi connectivity index (χ0n) is 13.0. The molecule has 1 atom stereocenters. The fourth-order valence-electron chi connectivity index (χ4n) is 2.08. The summed E-state index contributed by atoms with van der Waals surface area (Å²) in [6, 6.07) is 10.6. The van der Waals surface area contributed by atoms with E-state index < -0.39 is 0 Å². The lowest BCUT2D eigenvalue weighted by atomic mass is 10.2. The molecule has 0 unspecified atom stereocenters. The second-order valence-corrected chi connectivity index (χ2v) is 5.06. The normalized spacial score (nSPS) is 12.0. The van der Waals surface area contributed by atoms with Crippen molar-refractivity contribution < 1.29 is 13.9 Å². The van der Waals surface area contributed by atoms with E-state index >= 15 is 0 Å². The number of methoxy groups -OCH3 is 1. The highest BCUT2D eigenvalue weighted by Gasteiger charge is 2.17. The number of benzene rings is 1. The van der Waals surface area contributed by atoms with Crippen LogP contribution in [0.1, 0.15) is 11.8 Å². The van der Waals surface area contributed by atoms with E-state index in [1.165, 1.54) is 0 Å². The Kier molecular flexibility index (Phi) is 5.43. The number of furan rings is 1. The molecule has 2 rings (SSSR count). The van der Waals surface area contributed by atoms with Crippen molar-refractivity contribution in [2.24, 2.45) is 0 Å². The fraction of sp³-hybridized carbons (Fsp3) is 0.312. The van der Waals surface area contributed by atoms with Gasteiger partial charge in [0, 0.05) is 18.3 Å². The number of likely N-dealkylation sites (N-methyl/N-ethyl adjacent to an activating group) is 1. The highest BCUT2D eigenvalue weighted by molar-refractivity contribution is 5.89. The number of hydrogen-bond donors (Lipinski definition) is 2. The summed E-state index contributed by atoms with van der Waals surface area (Å²) in [5.74, 6) is 1.51. The van der Waals surface area contributed by atoms with Crippen LogP contribution in [0, 0.1) is 0 Å². The van der Waals surface area contributed by atoms with Gasteiger partial charge in [-0.25, -0.2) is 4.79 Å². The Balaban J connectivity index is 1.91. The number of ether oxygens (including phenoxy) is 1. The zero-order chi connectivity index (χ0) is 15.9. The minimum absolute atomic E-state index is 0.0222. The Morgan fingerprint density at radius 3 is 2.77 bits per heavy atom. The minimum Gasteiger partial charge on any atom is -0.497 e. The third-order valence-electron chi connectivity index (χ3n) is 3.28. The largest absolute Gasteiger partial charge is 0.497 e. The number of hydrogen-bond acceptors (Lipinski definition) is 4. The molecule has 118 valence electrons. The number of nitrogens with zero attached hydrogens (tertiary/aromatic N) is 1. The van der Waals surface area contributed by atoms with Crippen LogP contribution in [-0.2, 0) is 0 Å². The lowest BCUT2D eigenvalue weighted by Crippen LogP contribution is -2.36. The molecule has 0 saturated carbocycles. The molecule has 0 radical (unpaired) electrons. The first-order valence-corrected chi connectivity index (χ1v) is 6.99. The van der Waals surface area contributed by atoms with E-state index in [1.54, 1.807) is 25.5 Å². The molecular formula is C16H21N3O3. The van der Waals surface area contributed by atoms with Crippen molar-refractivity contribution in [3.8, 4) is 5.75 Å². The highest BCUT2D eigenvalue weighted by Crippen LogP contribution is 2.18. The summed E-state index contributed by atoms with van der Waals surface area (Å²) < 4.78 is 10.5. The molecule has 2 aromatic rings. The van der Waals surface area contributed by atoms with Crippen molar-refractivity contribution in [2.75, 3.05) is 33.1 Å². The maximum absolute atomic E-state index is 12.0. The van der Waals surface area contributed by atoms with Gasteiger partial charge in [0.15, 0.2) is 0 Å². The van der Waals surface area contributed by atoms with Gasteiger partial charge < -0.3 is 19.8 Å². The van der Waals surface area contributed by atoms with Crippen molar-refractivity contribution in [3.63, 3.8) is 0 Å². The Bertz CT molecular complexity index is 596. The molecule has 0 spiro atoms. The first kappa shape index (κ1) is 15.9. The monoisotopic (exact) mass is 303 g/mol. The van der Waals surface area contributed by atoms with Gasteiger partial charge in [-0.3, -0.25) is 4.90 Å². The topological polar surface area (TPSA) is 66.7 Å². The second kappa shape index (κ2) is 7.51. The molecule has 0 aliphatic rings. The number of amides is 2. The smallest absolute Gasteiger partial charge is 0.319 e. The number of anilines is 1. The van der Waals surface area contributed by atoms with E-state index in [0.717, 1.165) is 5.76 Å². The predicted molar refractivity (Wildman–Crippen MR) is 85.2 cm³/mol. The molecule has 2 amide bonds. The van der Waals surface area contributed by atoms with Crippen molar-refractivity contribution in [3.05, 3.63) is 48.4 Å². The van der Waals surface area contributed by atoms with Crippen LogP contribution in [0.4, 0.5) is 10.5 Å². The van der Waals surface area contributed by atoms with Gasteiger partial charge in [0.2, 0.25) is 0 Å². The molecule has 1 heterocycles. The summed E-state index contributed by atoms with van der Waals surface area (Å²) in [6.07, 6.45) is 1.63. The summed E-state index contributed by atoms with van der Waals surface area (Å²) in [5.41, 5.74) is 0.677. The zero-order valence-corrected chi connectivity index (χ0v) is 13.0. The number of nitrogens with one attached hydrogen (secondary N) is 2. The maximum Gasteiger partial charge on any atom is 0.319 e. The molecule has 0 bridgehead atoms. The van der Waals surface area contributed by atoms with Crippen LogP contribution in [0.3, 0.4) is 0 Å². The summed E-state index contributed by atoms with van der Waals surface area (Å²) in [6.45, 7) is 0.441. The van der Waals surface area contributed by atoms with Gasteiger partial charge in [-0.15, -0.1) is 0 Å². The van der Waals surface area contributed by atoms with Gasteiger partial charge >= 0.3 is 6.03 Å². The van der Waals surface area contributed by atoms with E-state index in [0.29, 0.717) is 18.0 Å². The van der Waals surface area contributed by atoms with E-state index in [9.17, 15) is 4.79 Å². The predicted octanol–water partition coefficient (Wildman–Crippen LogP) is 2.71. The molecule has 1 aromatic carbocycles. The van der Waals surface area contributed by atoms with Crippen molar-refractivity contribution >= 4 is 11.7 Å². The average Bonchev–Trinajstić information content (AvgIpc) is 3.01. The van der Waals surface area contributed by atoms with Gasteiger partial charge in [-0.05, 0) is 38.4 Å². The molecule has 0 fully saturated rings. The molecule has 0 aliphatic heterocycles. The molecular weight excluding hydrogens is 282 g/mol. The quantitative estimate of drug-likeness (QED) is 0.861. The van der Waals surface area contributed by atoms with Crippen LogP contribution < -0.4 is 15.4 Å². The summed E-state index contributed by atoms with van der Waals surface area (Å²) in [7, 11) is 5.47. The summed E-state index contributed by atoms with van der Waals surface area (Å²) in [4.78, 5) is 14.0. The number of rotatable bonds is 6. The molecule has 0 saturated heterocycles. The van der Waals surface area contributed by atoms with Crippen molar-refractivity contribution in [1.82, 2.24) is 10.2 Å². The lowest BCUT2D eigenvalue weighted by molar-refractivity contribution is 0.233. The lowest BCUT2D eigenvalue weighted by Gasteiger charge is -2.22. The van der Waals surface area contributed by atoms with Crippen LogP contribution in [0.5, 0.6) is 5.75 Å². The van der Waals surface area contributed by atoms with Gasteiger partial charge in [0.05, 0.1) is 19.4 Å². The Morgan fingerprint density at radius 2 is 2.14 bits per heavy atom. The molecule has 22 heavy (non-hydrogen) atoms. The van der Waals surface area contributed by atoms with Gasteiger partial charge in [0.25, 0.3) is 0 Å². The van der Waals surface area contributed by atoms with Crippen molar-refractivity contribution in [1.29, 1.82) is 0 Å². The first-order chi connectivity index (χ1) is 10.6. The SMILES string of the molecule is COc1cccc(NC(=O)NC[C@@H](c2ccco2)N(C)C)c1. The van der Waals surface area contributed by atoms with E-state index in [4.69, 9.17) is 9.15 Å². The Hall–Kier alpha value is -2.47. The van der Waals surface area contributed by atoms with Crippen LogP contribution in [0.15, 0.2) is 47.1 Å². The van der Waals surface area contributed by atoms with E-state index in [2.05, 4.69) is 10.6 Å². The standard InChI is InChI=1S/C16H21N3O3/c1-19(2)14(15-8-5-9-22-15)11-17-16(20)18-12-6-4-7-13(10-12)21-3/h4-10,14H,11H2,1-3H3,(H2,17,18,20)/t14-/m0/s1. The Morgan fingerprint density at radius 1 is 1.32 bits per heavy atom.